The van der Waals surface area contributed by atoms with Crippen molar-refractivity contribution in [3.05, 3.63) is 145 Å². The molecule has 3 aromatic heterocycles. The molecule has 0 aliphatic carbocycles. The third-order valence-corrected chi connectivity index (χ3v) is 9.67. The number of fused-ring (bicyclic) bond motifs is 7. The molecule has 0 unspecified atom stereocenters. The maximum atomic E-state index is 6.82. The van der Waals surface area contributed by atoms with Crippen molar-refractivity contribution >= 4 is 44.9 Å². The van der Waals surface area contributed by atoms with E-state index in [4.69, 9.17) is 19.4 Å². The summed E-state index contributed by atoms with van der Waals surface area (Å²) >= 11 is 0. The zero-order valence-electron chi connectivity index (χ0n) is 26.4. The van der Waals surface area contributed by atoms with Crippen molar-refractivity contribution in [2.45, 2.75) is 13.8 Å². The van der Waals surface area contributed by atoms with E-state index in [2.05, 4.69) is 126 Å². The summed E-state index contributed by atoms with van der Waals surface area (Å²) in [5.74, 6) is 3.27. The molecule has 8 aromatic rings. The van der Waals surface area contributed by atoms with Gasteiger partial charge in [-0.25, -0.2) is 0 Å². The summed E-state index contributed by atoms with van der Waals surface area (Å²) in [7, 11) is 0. The Morgan fingerprint density at radius 2 is 1.00 bits per heavy atom. The maximum absolute atomic E-state index is 6.82. The van der Waals surface area contributed by atoms with Gasteiger partial charge >= 0.3 is 0 Å². The van der Waals surface area contributed by atoms with Crippen LogP contribution in [-0.4, -0.2) is 21.2 Å². The lowest BCUT2D eigenvalue weighted by molar-refractivity contribution is 0.464. The van der Waals surface area contributed by atoms with Gasteiger partial charge in [0.15, 0.2) is 0 Å². The van der Waals surface area contributed by atoms with E-state index in [1.165, 1.54) is 10.8 Å². The standard InChI is InChI=1S/C42H28BN3O2/c1-25-9-7-13-34(44-25)27-17-19-38-32(21-27)43-33-22-28(35-14-8-10-26(2)45-35)18-20-39(33)48-41-24-29(23-40(47-38)42(41)43)46-36-15-5-3-11-30(36)31-12-4-6-16-37(31)46/h3-24H,1-2H3. The summed E-state index contributed by atoms with van der Waals surface area (Å²) in [5.41, 5.74) is 12.4. The number of hydrogen-bond acceptors (Lipinski definition) is 4. The van der Waals surface area contributed by atoms with Crippen molar-refractivity contribution in [3.8, 4) is 51.2 Å². The molecule has 48 heavy (non-hydrogen) atoms. The van der Waals surface area contributed by atoms with Crippen LogP contribution < -0.4 is 25.9 Å². The van der Waals surface area contributed by atoms with Crippen LogP contribution in [0.4, 0.5) is 0 Å². The van der Waals surface area contributed by atoms with Crippen LogP contribution in [0.1, 0.15) is 11.4 Å². The summed E-state index contributed by atoms with van der Waals surface area (Å²) < 4.78 is 16.0. The van der Waals surface area contributed by atoms with E-state index in [9.17, 15) is 0 Å². The summed E-state index contributed by atoms with van der Waals surface area (Å²) in [6.07, 6.45) is 0. The molecule has 6 heteroatoms. The van der Waals surface area contributed by atoms with E-state index in [1.807, 2.05) is 26.0 Å². The van der Waals surface area contributed by atoms with Crippen molar-refractivity contribution in [1.29, 1.82) is 0 Å². The Hall–Kier alpha value is -6.14. The molecule has 0 bridgehead atoms. The fourth-order valence-corrected chi connectivity index (χ4v) is 7.55. The Morgan fingerprint density at radius 3 is 1.50 bits per heavy atom. The van der Waals surface area contributed by atoms with Crippen LogP contribution in [0, 0.1) is 13.8 Å². The van der Waals surface area contributed by atoms with Crippen molar-refractivity contribution < 1.29 is 9.47 Å². The first-order valence-electron chi connectivity index (χ1n) is 16.3. The Bertz CT molecular complexity index is 2450. The van der Waals surface area contributed by atoms with Crippen LogP contribution in [0.2, 0.25) is 0 Å². The minimum absolute atomic E-state index is 0.107. The van der Waals surface area contributed by atoms with E-state index in [0.29, 0.717) is 0 Å². The Kier molecular flexibility index (Phi) is 5.73. The SMILES string of the molecule is Cc1cccc(-c2ccc3c(c2)B2c4cc(-c5cccc(C)n5)ccc4Oc4cc(-n5c6ccccc6c6ccccc65)cc(c42)O3)n1. The lowest BCUT2D eigenvalue weighted by Gasteiger charge is -2.34. The fraction of sp³-hybridized carbons (Fsp3) is 0.0476. The first kappa shape index (κ1) is 27.0. The summed E-state index contributed by atoms with van der Waals surface area (Å²) in [6.45, 7) is 3.94. The van der Waals surface area contributed by atoms with Crippen LogP contribution in [-0.2, 0) is 0 Å². The van der Waals surface area contributed by atoms with Gasteiger partial charge in [-0.1, -0.05) is 60.7 Å². The number of para-hydroxylation sites is 2. The lowest BCUT2D eigenvalue weighted by Crippen LogP contribution is -2.57. The number of nitrogens with zero attached hydrogens (tertiary/aromatic N) is 3. The molecule has 5 aromatic carbocycles. The number of hydrogen-bond donors (Lipinski definition) is 0. The molecule has 0 saturated carbocycles. The van der Waals surface area contributed by atoms with Crippen molar-refractivity contribution in [2.75, 3.05) is 0 Å². The predicted octanol–water partition coefficient (Wildman–Crippen LogP) is 8.25. The van der Waals surface area contributed by atoms with Gasteiger partial charge in [-0.2, -0.15) is 0 Å². The smallest absolute Gasteiger partial charge is 0.260 e. The van der Waals surface area contributed by atoms with Gasteiger partial charge in [-0.3, -0.25) is 9.97 Å². The fourth-order valence-electron chi connectivity index (χ4n) is 7.55. The molecule has 10 rings (SSSR count). The second kappa shape index (κ2) is 10.2. The molecule has 2 aliphatic heterocycles. The first-order valence-corrected chi connectivity index (χ1v) is 16.3. The molecule has 226 valence electrons. The number of benzene rings is 5. The molecule has 2 aliphatic rings. The molecule has 5 nitrogen and oxygen atoms in total. The number of pyridine rings is 2. The van der Waals surface area contributed by atoms with Crippen molar-refractivity contribution in [2.24, 2.45) is 0 Å². The monoisotopic (exact) mass is 617 g/mol. The Labute approximate surface area is 278 Å². The normalized spacial score (nSPS) is 12.7. The Morgan fingerprint density at radius 1 is 0.500 bits per heavy atom. The molecule has 0 fully saturated rings. The van der Waals surface area contributed by atoms with E-state index in [1.54, 1.807) is 0 Å². The molecule has 5 heterocycles. The molecular formula is C42H28BN3O2. The first-order chi connectivity index (χ1) is 23.6. The van der Waals surface area contributed by atoms with E-state index in [0.717, 1.165) is 90.0 Å². The van der Waals surface area contributed by atoms with Gasteiger partial charge in [-0.15, -0.1) is 0 Å². The van der Waals surface area contributed by atoms with Gasteiger partial charge in [0.05, 0.1) is 28.1 Å². The average molecular weight is 618 g/mol. The molecule has 0 N–H and O–H groups in total. The van der Waals surface area contributed by atoms with Crippen LogP contribution in [0.25, 0.3) is 50.0 Å². The predicted molar refractivity (Wildman–Crippen MR) is 194 cm³/mol. The lowest BCUT2D eigenvalue weighted by atomic mass is 9.34. The van der Waals surface area contributed by atoms with Gasteiger partial charge in [0, 0.05) is 39.8 Å². The number of rotatable bonds is 3. The molecular weight excluding hydrogens is 589 g/mol. The molecule has 0 spiro atoms. The quantitative estimate of drug-likeness (QED) is 0.188. The van der Waals surface area contributed by atoms with Gasteiger partial charge < -0.3 is 14.0 Å². The van der Waals surface area contributed by atoms with Gasteiger partial charge in [-0.05, 0) is 96.6 Å². The highest BCUT2D eigenvalue weighted by Gasteiger charge is 2.41. The second-order valence-electron chi connectivity index (χ2n) is 12.7. The van der Waals surface area contributed by atoms with Crippen LogP contribution >= 0.6 is 0 Å². The average Bonchev–Trinajstić information content (AvgIpc) is 3.45. The highest BCUT2D eigenvalue weighted by molar-refractivity contribution is 6.98. The van der Waals surface area contributed by atoms with Crippen molar-refractivity contribution in [3.63, 3.8) is 0 Å². The third-order valence-electron chi connectivity index (χ3n) is 9.67. The molecule has 0 atom stereocenters. The van der Waals surface area contributed by atoms with Crippen molar-refractivity contribution in [1.82, 2.24) is 14.5 Å². The molecule has 0 radical (unpaired) electrons. The number of aryl methyl sites for hydroxylation is 2. The molecule has 0 amide bonds. The second-order valence-corrected chi connectivity index (χ2v) is 12.7. The summed E-state index contributed by atoms with van der Waals surface area (Å²) in [6, 6.07) is 46.6. The van der Waals surface area contributed by atoms with Crippen LogP contribution in [0.3, 0.4) is 0 Å². The highest BCUT2D eigenvalue weighted by Crippen LogP contribution is 2.40. The van der Waals surface area contributed by atoms with Gasteiger partial charge in [0.2, 0.25) is 0 Å². The zero-order valence-corrected chi connectivity index (χ0v) is 26.4. The molecule has 0 saturated heterocycles. The summed E-state index contributed by atoms with van der Waals surface area (Å²) in [4.78, 5) is 9.68. The third kappa shape index (κ3) is 4.05. The largest absolute Gasteiger partial charge is 0.458 e. The van der Waals surface area contributed by atoms with Gasteiger partial charge in [0.25, 0.3) is 6.71 Å². The van der Waals surface area contributed by atoms with E-state index in [-0.39, 0.29) is 6.71 Å². The Balaban J connectivity index is 1.21. The van der Waals surface area contributed by atoms with E-state index >= 15 is 0 Å². The van der Waals surface area contributed by atoms with Crippen LogP contribution in [0.5, 0.6) is 23.0 Å². The number of ether oxygens (including phenoxy) is 2. The minimum Gasteiger partial charge on any atom is -0.458 e. The maximum Gasteiger partial charge on any atom is 0.260 e. The zero-order chi connectivity index (χ0) is 31.9. The van der Waals surface area contributed by atoms with Gasteiger partial charge in [0.1, 0.15) is 23.0 Å². The summed E-state index contributed by atoms with van der Waals surface area (Å²) in [5, 5.41) is 2.42. The topological polar surface area (TPSA) is 49.2 Å². The highest BCUT2D eigenvalue weighted by atomic mass is 16.5. The van der Waals surface area contributed by atoms with Crippen LogP contribution in [0.15, 0.2) is 133 Å². The number of aromatic nitrogens is 3. The van der Waals surface area contributed by atoms with E-state index < -0.39 is 0 Å². The minimum atomic E-state index is -0.107.